The van der Waals surface area contributed by atoms with Crippen molar-refractivity contribution < 1.29 is 28.2 Å². The third-order valence-corrected chi connectivity index (χ3v) is 3.29. The number of halogens is 2. The molecule has 0 spiro atoms. The third kappa shape index (κ3) is 3.92. The first kappa shape index (κ1) is 15.4. The molecule has 7 heteroatoms. The van der Waals surface area contributed by atoms with Gasteiger partial charge in [-0.05, 0) is 19.9 Å². The Morgan fingerprint density at radius 3 is 2.53 bits per heavy atom. The van der Waals surface area contributed by atoms with E-state index in [2.05, 4.69) is 0 Å². The molecule has 1 aromatic carbocycles. The Bertz CT molecular complexity index is 505. The van der Waals surface area contributed by atoms with E-state index in [9.17, 15) is 18.4 Å². The van der Waals surface area contributed by atoms with Crippen molar-refractivity contribution in [1.82, 2.24) is 0 Å². The first-order chi connectivity index (χ1) is 8.86. The molecule has 0 heterocycles. The van der Waals surface area contributed by atoms with Gasteiger partial charge in [-0.25, -0.2) is 13.6 Å². The molecule has 0 aliphatic carbocycles. The van der Waals surface area contributed by atoms with Crippen molar-refractivity contribution in [2.45, 2.75) is 24.0 Å². The molecule has 0 aliphatic rings. The number of benzene rings is 1. The molecule has 0 bridgehead atoms. The van der Waals surface area contributed by atoms with Gasteiger partial charge in [-0.1, -0.05) is 0 Å². The summed E-state index contributed by atoms with van der Waals surface area (Å²) in [6, 6.07) is 1.36. The molecular weight excluding hydrogens is 278 g/mol. The van der Waals surface area contributed by atoms with Crippen molar-refractivity contribution in [3.63, 3.8) is 0 Å². The van der Waals surface area contributed by atoms with Gasteiger partial charge in [-0.2, -0.15) is 0 Å². The van der Waals surface area contributed by atoms with Gasteiger partial charge in [0.1, 0.15) is 16.9 Å². The summed E-state index contributed by atoms with van der Waals surface area (Å²) in [5.74, 6) is -4.11. The van der Waals surface area contributed by atoms with Crippen LogP contribution in [0.4, 0.5) is 8.78 Å². The highest BCUT2D eigenvalue weighted by Gasteiger charge is 2.21. The predicted octanol–water partition coefficient (Wildman–Crippen LogP) is 2.71. The average molecular weight is 290 g/mol. The number of ether oxygens (including phenoxy) is 1. The van der Waals surface area contributed by atoms with E-state index in [0.717, 1.165) is 17.8 Å². The zero-order chi connectivity index (χ0) is 14.6. The van der Waals surface area contributed by atoms with Crippen LogP contribution in [0, 0.1) is 11.6 Å². The van der Waals surface area contributed by atoms with Gasteiger partial charge in [0, 0.05) is 11.0 Å². The topological polar surface area (TPSA) is 63.6 Å². The molecule has 0 aromatic heterocycles. The minimum Gasteiger partial charge on any atom is -0.478 e. The van der Waals surface area contributed by atoms with Crippen LogP contribution >= 0.6 is 11.8 Å². The number of aromatic carboxylic acids is 1. The van der Waals surface area contributed by atoms with Crippen molar-refractivity contribution in [3.8, 4) is 0 Å². The molecule has 1 rings (SSSR count). The van der Waals surface area contributed by atoms with E-state index in [1.165, 1.54) is 6.92 Å². The van der Waals surface area contributed by atoms with Crippen LogP contribution in [0.25, 0.3) is 0 Å². The lowest BCUT2D eigenvalue weighted by Crippen LogP contribution is -2.17. The molecule has 4 nitrogen and oxygen atoms in total. The van der Waals surface area contributed by atoms with Crippen LogP contribution in [0.3, 0.4) is 0 Å². The zero-order valence-electron chi connectivity index (χ0n) is 10.3. The molecule has 1 N–H and O–H groups in total. The van der Waals surface area contributed by atoms with Crippen molar-refractivity contribution in [3.05, 3.63) is 29.3 Å². The summed E-state index contributed by atoms with van der Waals surface area (Å²) < 4.78 is 31.4. The lowest BCUT2D eigenvalue weighted by molar-refractivity contribution is -0.142. The fourth-order valence-corrected chi connectivity index (χ4v) is 2.18. The van der Waals surface area contributed by atoms with Crippen molar-refractivity contribution >= 4 is 23.7 Å². The number of carbonyl (C=O) groups excluding carboxylic acids is 1. The van der Waals surface area contributed by atoms with Crippen molar-refractivity contribution in [2.24, 2.45) is 0 Å². The lowest BCUT2D eigenvalue weighted by atomic mass is 10.2. The van der Waals surface area contributed by atoms with Crippen LogP contribution in [0.15, 0.2) is 17.0 Å². The van der Waals surface area contributed by atoms with E-state index in [1.54, 1.807) is 6.92 Å². The highest BCUT2D eigenvalue weighted by atomic mass is 32.2. The number of esters is 1. The van der Waals surface area contributed by atoms with Gasteiger partial charge < -0.3 is 9.84 Å². The molecule has 0 saturated carbocycles. The molecule has 19 heavy (non-hydrogen) atoms. The summed E-state index contributed by atoms with van der Waals surface area (Å²) in [7, 11) is 0. The minimum absolute atomic E-state index is 0.112. The van der Waals surface area contributed by atoms with Crippen LogP contribution in [0.1, 0.15) is 24.2 Å². The van der Waals surface area contributed by atoms with E-state index in [1.807, 2.05) is 0 Å². The average Bonchev–Trinajstić information content (AvgIpc) is 2.32. The molecule has 104 valence electrons. The normalized spacial score (nSPS) is 12.0. The molecule has 0 saturated heterocycles. The predicted molar refractivity (Wildman–Crippen MR) is 65.3 cm³/mol. The van der Waals surface area contributed by atoms with Gasteiger partial charge in [0.2, 0.25) is 0 Å². The smallest absolute Gasteiger partial charge is 0.338 e. The number of rotatable bonds is 5. The van der Waals surface area contributed by atoms with Gasteiger partial charge in [0.25, 0.3) is 0 Å². The fourth-order valence-electron chi connectivity index (χ4n) is 1.28. The number of hydrogen-bond donors (Lipinski definition) is 1. The molecule has 1 atom stereocenters. The SMILES string of the molecule is CCOC(=O)C(C)Sc1cc(C(=O)O)c(F)cc1F. The molecule has 1 aromatic rings. The van der Waals surface area contributed by atoms with Gasteiger partial charge in [0.05, 0.1) is 12.2 Å². The molecule has 0 radical (unpaired) electrons. The molecule has 0 aliphatic heterocycles. The Kier molecular flexibility index (Phi) is 5.29. The fraction of sp³-hybridized carbons (Fsp3) is 0.333. The number of carboxylic acid groups (broad SMARTS) is 1. The van der Waals surface area contributed by atoms with Crippen LogP contribution in [0.2, 0.25) is 0 Å². The van der Waals surface area contributed by atoms with E-state index in [0.29, 0.717) is 6.07 Å². The Balaban J connectivity index is 2.98. The minimum atomic E-state index is -1.50. The number of thioether (sulfide) groups is 1. The Labute approximate surface area is 112 Å². The largest absolute Gasteiger partial charge is 0.478 e. The van der Waals surface area contributed by atoms with E-state index < -0.39 is 34.4 Å². The Morgan fingerprint density at radius 2 is 2.00 bits per heavy atom. The Hall–Kier alpha value is -1.63. The summed E-state index contributed by atoms with van der Waals surface area (Å²) in [4.78, 5) is 22.0. The van der Waals surface area contributed by atoms with E-state index in [-0.39, 0.29) is 11.5 Å². The van der Waals surface area contributed by atoms with Crippen LogP contribution in [-0.4, -0.2) is 28.9 Å². The lowest BCUT2D eigenvalue weighted by Gasteiger charge is -2.11. The quantitative estimate of drug-likeness (QED) is 0.667. The first-order valence-corrected chi connectivity index (χ1v) is 6.30. The Morgan fingerprint density at radius 1 is 1.37 bits per heavy atom. The molecular formula is C12H12F2O4S. The molecule has 0 fully saturated rings. The van der Waals surface area contributed by atoms with Crippen LogP contribution in [0.5, 0.6) is 0 Å². The third-order valence-electron chi connectivity index (χ3n) is 2.17. The number of hydrogen-bond acceptors (Lipinski definition) is 4. The summed E-state index contributed by atoms with van der Waals surface area (Å²) in [5, 5.41) is 8.02. The summed E-state index contributed by atoms with van der Waals surface area (Å²) in [5.41, 5.74) is -0.639. The van der Waals surface area contributed by atoms with E-state index in [4.69, 9.17) is 9.84 Å². The molecule has 0 amide bonds. The van der Waals surface area contributed by atoms with Crippen LogP contribution < -0.4 is 0 Å². The van der Waals surface area contributed by atoms with Crippen molar-refractivity contribution in [1.29, 1.82) is 0 Å². The second-order valence-electron chi connectivity index (χ2n) is 3.58. The second-order valence-corrected chi connectivity index (χ2v) is 4.96. The maximum Gasteiger partial charge on any atom is 0.338 e. The van der Waals surface area contributed by atoms with Crippen molar-refractivity contribution in [2.75, 3.05) is 6.61 Å². The molecule has 1 unspecified atom stereocenters. The highest BCUT2D eigenvalue weighted by Crippen LogP contribution is 2.29. The van der Waals surface area contributed by atoms with Gasteiger partial charge >= 0.3 is 11.9 Å². The van der Waals surface area contributed by atoms with Crippen LogP contribution in [-0.2, 0) is 9.53 Å². The summed E-state index contributed by atoms with van der Waals surface area (Å²) in [6.45, 7) is 3.32. The first-order valence-electron chi connectivity index (χ1n) is 5.42. The maximum atomic E-state index is 13.5. The van der Waals surface area contributed by atoms with Gasteiger partial charge in [-0.3, -0.25) is 4.79 Å². The standard InChI is InChI=1S/C12H12F2O4S/c1-3-18-12(17)6(2)19-10-4-7(11(15)16)8(13)5-9(10)14/h4-6H,3H2,1-2H3,(H,15,16). The van der Waals surface area contributed by atoms with E-state index >= 15 is 0 Å². The number of carbonyl (C=O) groups is 2. The number of carboxylic acids is 1. The monoisotopic (exact) mass is 290 g/mol. The highest BCUT2D eigenvalue weighted by molar-refractivity contribution is 8.00. The zero-order valence-corrected chi connectivity index (χ0v) is 11.1. The van der Waals surface area contributed by atoms with Gasteiger partial charge in [-0.15, -0.1) is 11.8 Å². The maximum absolute atomic E-state index is 13.5. The second kappa shape index (κ2) is 6.51. The summed E-state index contributed by atoms with van der Waals surface area (Å²) >= 11 is 0.779. The summed E-state index contributed by atoms with van der Waals surface area (Å²) in [6.07, 6.45) is 0. The van der Waals surface area contributed by atoms with Gasteiger partial charge in [0.15, 0.2) is 0 Å².